The molecule has 0 fully saturated rings. The van der Waals surface area contributed by atoms with E-state index >= 15 is 0 Å². The molecule has 22 heavy (non-hydrogen) atoms. The highest BCUT2D eigenvalue weighted by Crippen LogP contribution is 2.31. The van der Waals surface area contributed by atoms with Crippen LogP contribution in [0.15, 0.2) is 30.3 Å². The number of carbonyl (C=O) groups is 1. The number of rotatable bonds is 2. The first-order valence-corrected chi connectivity index (χ1v) is 6.47. The number of hydrogen-bond donors (Lipinski definition) is 2. The van der Waals surface area contributed by atoms with Gasteiger partial charge < -0.3 is 10.4 Å². The average Bonchev–Trinajstić information content (AvgIpc) is 2.42. The molecule has 2 aromatic rings. The molecule has 2 N–H and O–H groups in total. The number of nitrogens with zero attached hydrogens (tertiary/aromatic N) is 1. The Bertz CT molecular complexity index is 736. The second-order valence-corrected chi connectivity index (χ2v) is 4.94. The van der Waals surface area contributed by atoms with Crippen LogP contribution in [0.1, 0.15) is 16.1 Å². The van der Waals surface area contributed by atoms with E-state index in [2.05, 4.69) is 10.3 Å². The maximum absolute atomic E-state index is 12.5. The molecular weight excluding hydrogens is 344 g/mol. The zero-order valence-electron chi connectivity index (χ0n) is 10.6. The molecule has 0 aliphatic rings. The van der Waals surface area contributed by atoms with E-state index < -0.39 is 22.9 Å². The van der Waals surface area contributed by atoms with E-state index in [0.29, 0.717) is 6.07 Å². The quantitative estimate of drug-likeness (QED) is 0.790. The largest absolute Gasteiger partial charge is 0.507 e. The molecule has 1 aromatic heterocycles. The van der Waals surface area contributed by atoms with Crippen molar-refractivity contribution in [1.29, 1.82) is 0 Å². The Hall–Kier alpha value is -1.99. The van der Waals surface area contributed by atoms with E-state index in [9.17, 15) is 23.1 Å². The van der Waals surface area contributed by atoms with Gasteiger partial charge in [-0.2, -0.15) is 13.2 Å². The molecule has 116 valence electrons. The molecule has 0 radical (unpaired) electrons. The Kier molecular flexibility index (Phi) is 4.48. The second kappa shape index (κ2) is 6.02. The predicted molar refractivity (Wildman–Crippen MR) is 75.3 cm³/mol. The molecule has 0 atom stereocenters. The van der Waals surface area contributed by atoms with Crippen LogP contribution >= 0.6 is 23.2 Å². The third-order valence-electron chi connectivity index (χ3n) is 2.59. The first-order valence-electron chi connectivity index (χ1n) is 5.72. The standard InChI is InChI=1S/C13H7Cl2F3N2O2/c14-6-1-3-9(21)7(5-6)12(22)19-8-2-4-10(13(16,17)18)20-11(8)15/h1-5,21H,(H,19,22). The van der Waals surface area contributed by atoms with E-state index in [4.69, 9.17) is 23.2 Å². The number of carbonyl (C=O) groups excluding carboxylic acids is 1. The summed E-state index contributed by atoms with van der Waals surface area (Å²) in [4.78, 5) is 15.2. The monoisotopic (exact) mass is 350 g/mol. The number of amides is 1. The number of benzene rings is 1. The van der Waals surface area contributed by atoms with Crippen molar-refractivity contribution in [3.8, 4) is 5.75 Å². The number of alkyl halides is 3. The van der Waals surface area contributed by atoms with Crippen molar-refractivity contribution < 1.29 is 23.1 Å². The highest BCUT2D eigenvalue weighted by Gasteiger charge is 2.33. The molecule has 4 nitrogen and oxygen atoms in total. The summed E-state index contributed by atoms with van der Waals surface area (Å²) < 4.78 is 37.4. The van der Waals surface area contributed by atoms with Crippen molar-refractivity contribution in [2.45, 2.75) is 6.18 Å². The lowest BCUT2D eigenvalue weighted by atomic mass is 10.2. The minimum absolute atomic E-state index is 0.126. The first kappa shape index (κ1) is 16.4. The van der Waals surface area contributed by atoms with Crippen LogP contribution in [0, 0.1) is 0 Å². The van der Waals surface area contributed by atoms with Crippen LogP contribution in [0.25, 0.3) is 0 Å². The molecule has 1 amide bonds. The first-order chi connectivity index (χ1) is 10.2. The van der Waals surface area contributed by atoms with Gasteiger partial charge in [0.2, 0.25) is 0 Å². The van der Waals surface area contributed by atoms with Gasteiger partial charge in [0.1, 0.15) is 11.4 Å². The number of hydrogen-bond acceptors (Lipinski definition) is 3. The molecule has 0 saturated heterocycles. The van der Waals surface area contributed by atoms with Gasteiger partial charge in [0, 0.05) is 5.02 Å². The Morgan fingerprint density at radius 3 is 2.45 bits per heavy atom. The summed E-state index contributed by atoms with van der Waals surface area (Å²) in [5, 5.41) is 11.5. The summed E-state index contributed by atoms with van der Waals surface area (Å²) >= 11 is 11.3. The molecule has 2 rings (SSSR count). The minimum atomic E-state index is -4.64. The van der Waals surface area contributed by atoms with Crippen molar-refractivity contribution in [1.82, 2.24) is 4.98 Å². The summed E-state index contributed by atoms with van der Waals surface area (Å²) in [6.45, 7) is 0. The number of halogens is 5. The van der Waals surface area contributed by atoms with Gasteiger partial charge in [-0.05, 0) is 30.3 Å². The molecule has 0 aliphatic heterocycles. The fraction of sp³-hybridized carbons (Fsp3) is 0.0769. The fourth-order valence-corrected chi connectivity index (χ4v) is 1.94. The van der Waals surface area contributed by atoms with Crippen LogP contribution in [0.5, 0.6) is 5.75 Å². The van der Waals surface area contributed by atoms with Gasteiger partial charge in [0.15, 0.2) is 5.15 Å². The van der Waals surface area contributed by atoms with Gasteiger partial charge in [-0.1, -0.05) is 23.2 Å². The number of nitrogens with one attached hydrogen (secondary N) is 1. The topological polar surface area (TPSA) is 62.2 Å². The van der Waals surface area contributed by atoms with Gasteiger partial charge >= 0.3 is 6.18 Å². The number of phenols is 1. The Morgan fingerprint density at radius 1 is 1.18 bits per heavy atom. The van der Waals surface area contributed by atoms with Crippen LogP contribution in [-0.4, -0.2) is 16.0 Å². The van der Waals surface area contributed by atoms with E-state index in [0.717, 1.165) is 6.07 Å². The van der Waals surface area contributed by atoms with Crippen LogP contribution in [-0.2, 0) is 6.18 Å². The molecule has 1 heterocycles. The lowest BCUT2D eigenvalue weighted by molar-refractivity contribution is -0.141. The minimum Gasteiger partial charge on any atom is -0.507 e. The van der Waals surface area contributed by atoms with E-state index in [1.807, 2.05) is 0 Å². The van der Waals surface area contributed by atoms with Gasteiger partial charge in [0.25, 0.3) is 5.91 Å². The summed E-state index contributed by atoms with van der Waals surface area (Å²) in [5.41, 5.74) is -1.45. The van der Waals surface area contributed by atoms with Crippen LogP contribution < -0.4 is 5.32 Å². The Morgan fingerprint density at radius 2 is 1.86 bits per heavy atom. The molecule has 0 saturated carbocycles. The third-order valence-corrected chi connectivity index (χ3v) is 3.11. The second-order valence-electron chi connectivity index (χ2n) is 4.15. The fourth-order valence-electron chi connectivity index (χ4n) is 1.57. The van der Waals surface area contributed by atoms with Crippen molar-refractivity contribution in [3.63, 3.8) is 0 Å². The summed E-state index contributed by atoms with van der Waals surface area (Å²) in [6, 6.07) is 5.44. The third kappa shape index (κ3) is 3.61. The highest BCUT2D eigenvalue weighted by molar-refractivity contribution is 6.33. The summed E-state index contributed by atoms with van der Waals surface area (Å²) in [6.07, 6.45) is -4.64. The molecule has 9 heteroatoms. The molecule has 0 unspecified atom stereocenters. The number of pyridine rings is 1. The zero-order chi connectivity index (χ0) is 16.5. The normalized spacial score (nSPS) is 11.3. The summed E-state index contributed by atoms with van der Waals surface area (Å²) in [5.74, 6) is -1.12. The van der Waals surface area contributed by atoms with Gasteiger partial charge in [0.05, 0.1) is 11.3 Å². The van der Waals surface area contributed by atoms with Crippen molar-refractivity contribution in [2.75, 3.05) is 5.32 Å². The molecule has 0 bridgehead atoms. The summed E-state index contributed by atoms with van der Waals surface area (Å²) in [7, 11) is 0. The van der Waals surface area contributed by atoms with Gasteiger partial charge in [-0.15, -0.1) is 0 Å². The van der Waals surface area contributed by atoms with E-state index in [-0.39, 0.29) is 22.0 Å². The smallest absolute Gasteiger partial charge is 0.433 e. The van der Waals surface area contributed by atoms with E-state index in [1.165, 1.54) is 18.2 Å². The maximum Gasteiger partial charge on any atom is 0.433 e. The average molecular weight is 351 g/mol. The van der Waals surface area contributed by atoms with Crippen LogP contribution in [0.3, 0.4) is 0 Å². The van der Waals surface area contributed by atoms with E-state index in [1.54, 1.807) is 0 Å². The Balaban J connectivity index is 2.27. The lowest BCUT2D eigenvalue weighted by Crippen LogP contribution is -2.14. The highest BCUT2D eigenvalue weighted by atomic mass is 35.5. The Labute approximate surface area is 132 Å². The zero-order valence-corrected chi connectivity index (χ0v) is 12.1. The number of aromatic hydroxyl groups is 1. The van der Waals surface area contributed by atoms with Gasteiger partial charge in [-0.3, -0.25) is 4.79 Å². The molecule has 1 aromatic carbocycles. The maximum atomic E-state index is 12.5. The SMILES string of the molecule is O=C(Nc1ccc(C(F)(F)F)nc1Cl)c1cc(Cl)ccc1O. The van der Waals surface area contributed by atoms with Crippen molar-refractivity contribution in [2.24, 2.45) is 0 Å². The molecular formula is C13H7Cl2F3N2O2. The number of aromatic nitrogens is 1. The number of phenolic OH excluding ortho intramolecular Hbond substituents is 1. The predicted octanol–water partition coefficient (Wildman–Crippen LogP) is 4.37. The lowest BCUT2D eigenvalue weighted by Gasteiger charge is -2.11. The number of anilines is 1. The van der Waals surface area contributed by atoms with Crippen molar-refractivity contribution in [3.05, 3.63) is 51.8 Å². The molecule has 0 spiro atoms. The van der Waals surface area contributed by atoms with Crippen molar-refractivity contribution >= 4 is 34.8 Å². The van der Waals surface area contributed by atoms with Crippen LogP contribution in [0.2, 0.25) is 10.2 Å². The van der Waals surface area contributed by atoms with Gasteiger partial charge in [-0.25, -0.2) is 4.98 Å². The molecule has 0 aliphatic carbocycles. The van der Waals surface area contributed by atoms with Crippen LogP contribution in [0.4, 0.5) is 18.9 Å².